The molecule has 0 saturated carbocycles. The second kappa shape index (κ2) is 9.60. The van der Waals surface area contributed by atoms with Crippen molar-refractivity contribution in [1.82, 2.24) is 10.0 Å². The highest BCUT2D eigenvalue weighted by atomic mass is 32.2. The van der Waals surface area contributed by atoms with Crippen LogP contribution < -0.4 is 10.0 Å². The molecule has 1 amide bonds. The van der Waals surface area contributed by atoms with Crippen LogP contribution in [-0.2, 0) is 26.0 Å². The number of fused-ring (bicyclic) bond motifs is 1. The largest absolute Gasteiger partial charge is 0.376 e. The minimum atomic E-state index is -3.90. The van der Waals surface area contributed by atoms with Crippen LogP contribution in [0.15, 0.2) is 77.7 Å². The molecule has 1 heterocycles. The lowest BCUT2D eigenvalue weighted by Crippen LogP contribution is -2.49. The summed E-state index contributed by atoms with van der Waals surface area (Å²) in [5.74, 6) is -0.358. The van der Waals surface area contributed by atoms with Crippen molar-refractivity contribution in [2.45, 2.75) is 36.3 Å². The van der Waals surface area contributed by atoms with Gasteiger partial charge in [0.2, 0.25) is 15.9 Å². The van der Waals surface area contributed by atoms with Gasteiger partial charge < -0.3 is 10.1 Å². The van der Waals surface area contributed by atoms with Gasteiger partial charge in [0.1, 0.15) is 6.04 Å². The summed E-state index contributed by atoms with van der Waals surface area (Å²) in [7, 11) is -3.90. The fourth-order valence-electron chi connectivity index (χ4n) is 3.77. The molecule has 0 radical (unpaired) electrons. The van der Waals surface area contributed by atoms with Gasteiger partial charge in [0.25, 0.3) is 0 Å². The summed E-state index contributed by atoms with van der Waals surface area (Å²) in [6.07, 6.45) is 2.11. The third-order valence-corrected chi connectivity index (χ3v) is 6.93. The fraction of sp³-hybridized carbons (Fsp3) is 0.292. The molecule has 0 spiro atoms. The Kier molecular flexibility index (Phi) is 6.65. The Hall–Kier alpha value is -2.74. The number of carbonyl (C=O) groups excluding carboxylic acids is 1. The molecule has 2 N–H and O–H groups in total. The zero-order chi connectivity index (χ0) is 21.7. The van der Waals surface area contributed by atoms with Crippen LogP contribution in [0.4, 0.5) is 0 Å². The summed E-state index contributed by atoms with van der Waals surface area (Å²) < 4.78 is 34.4. The van der Waals surface area contributed by atoms with E-state index >= 15 is 0 Å². The maximum absolute atomic E-state index is 13.1. The van der Waals surface area contributed by atoms with E-state index in [1.165, 1.54) is 0 Å². The van der Waals surface area contributed by atoms with Crippen LogP contribution in [0, 0.1) is 0 Å². The molecule has 1 fully saturated rings. The molecule has 0 aromatic heterocycles. The van der Waals surface area contributed by atoms with Gasteiger partial charge in [-0.2, -0.15) is 4.72 Å². The van der Waals surface area contributed by atoms with Gasteiger partial charge in [-0.3, -0.25) is 4.79 Å². The van der Waals surface area contributed by atoms with E-state index in [9.17, 15) is 13.2 Å². The van der Waals surface area contributed by atoms with Crippen LogP contribution in [0.3, 0.4) is 0 Å². The number of hydrogen-bond acceptors (Lipinski definition) is 4. The third kappa shape index (κ3) is 5.50. The van der Waals surface area contributed by atoms with Crippen molar-refractivity contribution in [3.8, 4) is 0 Å². The highest BCUT2D eigenvalue weighted by Crippen LogP contribution is 2.19. The van der Waals surface area contributed by atoms with Gasteiger partial charge in [-0.15, -0.1) is 0 Å². The maximum Gasteiger partial charge on any atom is 0.241 e. The molecule has 4 rings (SSSR count). The average Bonchev–Trinajstić information content (AvgIpc) is 3.31. The Bertz CT molecular complexity index is 1140. The Morgan fingerprint density at radius 2 is 1.74 bits per heavy atom. The Labute approximate surface area is 182 Å². The second-order valence-corrected chi connectivity index (χ2v) is 9.47. The van der Waals surface area contributed by atoms with E-state index in [0.717, 1.165) is 29.2 Å². The smallest absolute Gasteiger partial charge is 0.241 e. The van der Waals surface area contributed by atoms with Crippen molar-refractivity contribution in [3.05, 3.63) is 78.4 Å². The molecule has 1 aliphatic heterocycles. The van der Waals surface area contributed by atoms with E-state index in [4.69, 9.17) is 4.74 Å². The molecule has 0 aliphatic carbocycles. The molecule has 1 aliphatic rings. The van der Waals surface area contributed by atoms with Crippen molar-refractivity contribution in [2.75, 3.05) is 13.2 Å². The maximum atomic E-state index is 13.1. The monoisotopic (exact) mass is 438 g/mol. The Balaban J connectivity index is 1.54. The molecule has 3 aromatic rings. The number of benzene rings is 3. The number of sulfonamides is 1. The summed E-state index contributed by atoms with van der Waals surface area (Å²) in [4.78, 5) is 13.1. The zero-order valence-electron chi connectivity index (χ0n) is 17.2. The molecule has 6 nitrogen and oxygen atoms in total. The second-order valence-electron chi connectivity index (χ2n) is 7.75. The highest BCUT2D eigenvalue weighted by Gasteiger charge is 2.27. The SMILES string of the molecule is O=C(NC[C@H]1CCCO1)[C@H](Cc1ccccc1)NS(=O)(=O)c1ccc2ccccc2c1. The van der Waals surface area contributed by atoms with Crippen LogP contribution in [-0.4, -0.2) is 39.6 Å². The number of ether oxygens (including phenoxy) is 1. The van der Waals surface area contributed by atoms with Gasteiger partial charge in [0.05, 0.1) is 11.0 Å². The standard InChI is InChI=1S/C24H26N2O4S/c27-24(25-17-21-11-6-14-30-21)23(15-18-7-2-1-3-8-18)26-31(28,29)22-13-12-19-9-4-5-10-20(19)16-22/h1-5,7-10,12-13,16,21,23,26H,6,11,14-15,17H2,(H,25,27)/t21-,23+/m1/s1. The predicted octanol–water partition coefficient (Wildman–Crippen LogP) is 3.02. The summed E-state index contributed by atoms with van der Waals surface area (Å²) in [5, 5.41) is 4.64. The summed E-state index contributed by atoms with van der Waals surface area (Å²) in [6.45, 7) is 1.07. The van der Waals surface area contributed by atoms with Crippen LogP contribution in [0.25, 0.3) is 10.8 Å². The molecule has 3 aromatic carbocycles. The van der Waals surface area contributed by atoms with Gasteiger partial charge in [0.15, 0.2) is 0 Å². The Morgan fingerprint density at radius 3 is 2.48 bits per heavy atom. The lowest BCUT2D eigenvalue weighted by molar-refractivity contribution is -0.123. The minimum absolute atomic E-state index is 0.0154. The van der Waals surface area contributed by atoms with Crippen LogP contribution in [0.1, 0.15) is 18.4 Å². The molecule has 7 heteroatoms. The summed E-state index contributed by atoms with van der Waals surface area (Å²) in [5.41, 5.74) is 0.876. The molecular weight excluding hydrogens is 412 g/mol. The molecule has 0 unspecified atom stereocenters. The van der Waals surface area contributed by atoms with E-state index < -0.39 is 16.1 Å². The molecular formula is C24H26N2O4S. The van der Waals surface area contributed by atoms with E-state index in [-0.39, 0.29) is 23.3 Å². The minimum Gasteiger partial charge on any atom is -0.376 e. The first kappa shape index (κ1) is 21.5. The molecule has 0 bridgehead atoms. The first-order valence-electron chi connectivity index (χ1n) is 10.5. The van der Waals surface area contributed by atoms with Gasteiger partial charge in [-0.25, -0.2) is 8.42 Å². The van der Waals surface area contributed by atoms with Crippen molar-refractivity contribution in [2.24, 2.45) is 0 Å². The van der Waals surface area contributed by atoms with E-state index in [0.29, 0.717) is 13.2 Å². The quantitative estimate of drug-likeness (QED) is 0.566. The number of nitrogens with one attached hydrogen (secondary N) is 2. The van der Waals surface area contributed by atoms with Gasteiger partial charge in [-0.1, -0.05) is 60.7 Å². The van der Waals surface area contributed by atoms with Crippen LogP contribution >= 0.6 is 0 Å². The van der Waals surface area contributed by atoms with Gasteiger partial charge in [0, 0.05) is 13.2 Å². The molecule has 31 heavy (non-hydrogen) atoms. The zero-order valence-corrected chi connectivity index (χ0v) is 18.0. The topological polar surface area (TPSA) is 84.5 Å². The molecule has 162 valence electrons. The van der Waals surface area contributed by atoms with Crippen molar-refractivity contribution in [3.63, 3.8) is 0 Å². The molecule has 2 atom stereocenters. The van der Waals surface area contributed by atoms with Crippen molar-refractivity contribution in [1.29, 1.82) is 0 Å². The van der Waals surface area contributed by atoms with E-state index in [1.54, 1.807) is 18.2 Å². The lowest BCUT2D eigenvalue weighted by atomic mass is 10.1. The average molecular weight is 439 g/mol. The summed E-state index contributed by atoms with van der Waals surface area (Å²) >= 11 is 0. The predicted molar refractivity (Wildman–Crippen MR) is 120 cm³/mol. The molecule has 1 saturated heterocycles. The third-order valence-electron chi connectivity index (χ3n) is 5.46. The van der Waals surface area contributed by atoms with Gasteiger partial charge in [-0.05, 0) is 47.7 Å². The van der Waals surface area contributed by atoms with E-state index in [2.05, 4.69) is 10.0 Å². The van der Waals surface area contributed by atoms with Crippen molar-refractivity contribution < 1.29 is 17.9 Å². The number of carbonyl (C=O) groups is 1. The highest BCUT2D eigenvalue weighted by molar-refractivity contribution is 7.89. The van der Waals surface area contributed by atoms with Crippen LogP contribution in [0.5, 0.6) is 0 Å². The first-order valence-corrected chi connectivity index (χ1v) is 11.9. The number of hydrogen-bond donors (Lipinski definition) is 2. The fourth-order valence-corrected chi connectivity index (χ4v) is 5.00. The van der Waals surface area contributed by atoms with Crippen LogP contribution in [0.2, 0.25) is 0 Å². The van der Waals surface area contributed by atoms with E-state index in [1.807, 2.05) is 54.6 Å². The van der Waals surface area contributed by atoms with Crippen molar-refractivity contribution >= 4 is 26.7 Å². The Morgan fingerprint density at radius 1 is 1.00 bits per heavy atom. The lowest BCUT2D eigenvalue weighted by Gasteiger charge is -2.20. The first-order chi connectivity index (χ1) is 15.0. The van der Waals surface area contributed by atoms with Gasteiger partial charge >= 0.3 is 0 Å². The number of rotatable bonds is 8. The summed E-state index contributed by atoms with van der Waals surface area (Å²) in [6, 6.07) is 21.0. The number of amides is 1. The normalized spacial score (nSPS) is 17.5.